The highest BCUT2D eigenvalue weighted by molar-refractivity contribution is 9.11. The Morgan fingerprint density at radius 1 is 1.29 bits per heavy atom. The summed E-state index contributed by atoms with van der Waals surface area (Å²) in [6, 6.07) is 4.02. The SMILES string of the molecule is Cl.N[C@H]1CCOc2c(Br)ccc(Br)c21. The van der Waals surface area contributed by atoms with Crippen molar-refractivity contribution in [2.24, 2.45) is 5.73 Å². The zero-order valence-corrected chi connectivity index (χ0v) is 11.3. The first-order valence-electron chi connectivity index (χ1n) is 4.06. The second-order valence-electron chi connectivity index (χ2n) is 3.02. The number of fused-ring (bicyclic) bond motifs is 1. The third-order valence-corrected chi connectivity index (χ3v) is 3.46. The topological polar surface area (TPSA) is 35.2 Å². The Balaban J connectivity index is 0.000000980. The maximum atomic E-state index is 5.99. The van der Waals surface area contributed by atoms with Crippen LogP contribution in [0.5, 0.6) is 5.75 Å². The highest BCUT2D eigenvalue weighted by Gasteiger charge is 2.22. The molecule has 1 aromatic rings. The third-order valence-electron chi connectivity index (χ3n) is 2.14. The lowest BCUT2D eigenvalue weighted by atomic mass is 10.0. The number of rotatable bonds is 0. The van der Waals surface area contributed by atoms with Crippen molar-refractivity contribution in [2.75, 3.05) is 6.61 Å². The summed E-state index contributed by atoms with van der Waals surface area (Å²) in [5, 5.41) is 0. The molecule has 0 bridgehead atoms. The number of benzene rings is 1. The van der Waals surface area contributed by atoms with Gasteiger partial charge in [-0.05, 0) is 28.1 Å². The van der Waals surface area contributed by atoms with Crippen molar-refractivity contribution >= 4 is 44.3 Å². The Hall–Kier alpha value is 0.230. The summed E-state index contributed by atoms with van der Waals surface area (Å²) >= 11 is 6.92. The lowest BCUT2D eigenvalue weighted by Crippen LogP contribution is -2.21. The predicted molar refractivity (Wildman–Crippen MR) is 66.1 cm³/mol. The number of nitrogens with two attached hydrogens (primary N) is 1. The number of halogens is 3. The minimum absolute atomic E-state index is 0. The van der Waals surface area contributed by atoms with E-state index in [-0.39, 0.29) is 18.4 Å². The van der Waals surface area contributed by atoms with Gasteiger partial charge in [-0.3, -0.25) is 0 Å². The van der Waals surface area contributed by atoms with Gasteiger partial charge < -0.3 is 10.5 Å². The van der Waals surface area contributed by atoms with Crippen molar-refractivity contribution in [1.29, 1.82) is 0 Å². The molecule has 1 aliphatic rings. The van der Waals surface area contributed by atoms with Crippen molar-refractivity contribution < 1.29 is 4.74 Å². The molecule has 0 amide bonds. The molecule has 0 aromatic heterocycles. The van der Waals surface area contributed by atoms with Crippen LogP contribution >= 0.6 is 44.3 Å². The minimum atomic E-state index is 0. The molecule has 0 fully saturated rings. The van der Waals surface area contributed by atoms with Crippen LogP contribution in [0.15, 0.2) is 21.1 Å². The summed E-state index contributed by atoms with van der Waals surface area (Å²) in [7, 11) is 0. The van der Waals surface area contributed by atoms with Crippen LogP contribution in [0.4, 0.5) is 0 Å². The van der Waals surface area contributed by atoms with Gasteiger partial charge in [0.25, 0.3) is 0 Å². The summed E-state index contributed by atoms with van der Waals surface area (Å²) in [5.74, 6) is 0.883. The fourth-order valence-electron chi connectivity index (χ4n) is 1.47. The summed E-state index contributed by atoms with van der Waals surface area (Å²) < 4.78 is 7.55. The molecule has 5 heteroatoms. The first-order valence-corrected chi connectivity index (χ1v) is 5.65. The molecule has 0 aliphatic carbocycles. The molecule has 0 radical (unpaired) electrons. The van der Waals surface area contributed by atoms with Gasteiger partial charge in [0.1, 0.15) is 5.75 Å². The largest absolute Gasteiger partial charge is 0.492 e. The molecule has 2 nitrogen and oxygen atoms in total. The zero-order chi connectivity index (χ0) is 9.42. The molecule has 1 heterocycles. The molecule has 0 saturated heterocycles. The van der Waals surface area contributed by atoms with Gasteiger partial charge in [-0.25, -0.2) is 0 Å². The van der Waals surface area contributed by atoms with Gasteiger partial charge in [0, 0.05) is 22.5 Å². The van der Waals surface area contributed by atoms with Crippen molar-refractivity contribution in [2.45, 2.75) is 12.5 Å². The van der Waals surface area contributed by atoms with Gasteiger partial charge in [0.05, 0.1) is 11.1 Å². The molecular weight excluding hydrogens is 333 g/mol. The van der Waals surface area contributed by atoms with E-state index in [1.807, 2.05) is 12.1 Å². The van der Waals surface area contributed by atoms with Crippen molar-refractivity contribution in [1.82, 2.24) is 0 Å². The first-order chi connectivity index (χ1) is 6.20. The van der Waals surface area contributed by atoms with Crippen LogP contribution in [0.2, 0.25) is 0 Å². The average molecular weight is 343 g/mol. The van der Waals surface area contributed by atoms with Crippen LogP contribution in [0.25, 0.3) is 0 Å². The van der Waals surface area contributed by atoms with E-state index in [4.69, 9.17) is 10.5 Å². The first kappa shape index (κ1) is 12.3. The molecule has 1 aromatic carbocycles. The molecule has 78 valence electrons. The van der Waals surface area contributed by atoms with Gasteiger partial charge in [-0.1, -0.05) is 15.9 Å². The number of hydrogen-bond acceptors (Lipinski definition) is 2. The van der Waals surface area contributed by atoms with Crippen LogP contribution in [0.3, 0.4) is 0 Å². The van der Waals surface area contributed by atoms with Gasteiger partial charge in [-0.15, -0.1) is 12.4 Å². The molecule has 0 spiro atoms. The molecule has 2 N–H and O–H groups in total. The molecule has 0 unspecified atom stereocenters. The Labute approximate surface area is 106 Å². The highest BCUT2D eigenvalue weighted by Crippen LogP contribution is 2.41. The van der Waals surface area contributed by atoms with E-state index in [9.17, 15) is 0 Å². The number of ether oxygens (including phenoxy) is 1. The van der Waals surface area contributed by atoms with E-state index < -0.39 is 0 Å². The molecule has 14 heavy (non-hydrogen) atoms. The van der Waals surface area contributed by atoms with Crippen molar-refractivity contribution in [3.63, 3.8) is 0 Å². The Bertz CT molecular complexity index is 346. The summed E-state index contributed by atoms with van der Waals surface area (Å²) in [4.78, 5) is 0. The van der Waals surface area contributed by atoms with Crippen molar-refractivity contribution in [3.05, 3.63) is 26.6 Å². The quantitative estimate of drug-likeness (QED) is 0.783. The Morgan fingerprint density at radius 2 is 1.93 bits per heavy atom. The Kier molecular flexibility index (Phi) is 4.25. The smallest absolute Gasteiger partial charge is 0.139 e. The summed E-state index contributed by atoms with van der Waals surface area (Å²) in [6.07, 6.45) is 0.877. The maximum absolute atomic E-state index is 5.99. The predicted octanol–water partition coefficient (Wildman–Crippen LogP) is 3.42. The number of hydrogen-bond donors (Lipinski definition) is 1. The van der Waals surface area contributed by atoms with Gasteiger partial charge in [0.2, 0.25) is 0 Å². The third kappa shape index (κ3) is 2.08. The molecule has 1 aliphatic heterocycles. The second-order valence-corrected chi connectivity index (χ2v) is 4.72. The monoisotopic (exact) mass is 341 g/mol. The fraction of sp³-hybridized carbons (Fsp3) is 0.333. The van der Waals surface area contributed by atoms with Gasteiger partial charge in [0.15, 0.2) is 0 Å². The van der Waals surface area contributed by atoms with Crippen LogP contribution in [-0.4, -0.2) is 6.61 Å². The fourth-order valence-corrected chi connectivity index (χ4v) is 2.54. The molecular formula is C9H10Br2ClNO. The van der Waals surface area contributed by atoms with E-state index in [1.54, 1.807) is 0 Å². The average Bonchev–Trinajstić information content (AvgIpc) is 2.12. The lowest BCUT2D eigenvalue weighted by molar-refractivity contribution is 0.266. The maximum Gasteiger partial charge on any atom is 0.139 e. The van der Waals surface area contributed by atoms with E-state index in [1.165, 1.54) is 0 Å². The second kappa shape index (κ2) is 4.84. The zero-order valence-electron chi connectivity index (χ0n) is 7.30. The van der Waals surface area contributed by atoms with E-state index in [0.717, 1.165) is 26.7 Å². The Morgan fingerprint density at radius 3 is 2.57 bits per heavy atom. The van der Waals surface area contributed by atoms with E-state index in [0.29, 0.717) is 6.61 Å². The van der Waals surface area contributed by atoms with E-state index in [2.05, 4.69) is 31.9 Å². The summed E-state index contributed by atoms with van der Waals surface area (Å²) in [5.41, 5.74) is 7.06. The van der Waals surface area contributed by atoms with Crippen LogP contribution < -0.4 is 10.5 Å². The lowest BCUT2D eigenvalue weighted by Gasteiger charge is -2.24. The van der Waals surface area contributed by atoms with E-state index >= 15 is 0 Å². The van der Waals surface area contributed by atoms with Crippen LogP contribution in [0, 0.1) is 0 Å². The van der Waals surface area contributed by atoms with Gasteiger partial charge in [-0.2, -0.15) is 0 Å². The highest BCUT2D eigenvalue weighted by atomic mass is 79.9. The molecule has 0 saturated carbocycles. The van der Waals surface area contributed by atoms with Gasteiger partial charge >= 0.3 is 0 Å². The normalized spacial score (nSPS) is 19.2. The van der Waals surface area contributed by atoms with Crippen molar-refractivity contribution in [3.8, 4) is 5.75 Å². The molecule has 2 rings (SSSR count). The summed E-state index contributed by atoms with van der Waals surface area (Å²) in [6.45, 7) is 0.698. The van der Waals surface area contributed by atoms with Crippen LogP contribution in [0.1, 0.15) is 18.0 Å². The minimum Gasteiger partial charge on any atom is -0.492 e. The standard InChI is InChI=1S/C9H9Br2NO.ClH/c10-5-1-2-6(11)9-8(5)7(12)3-4-13-9;/h1-2,7H,3-4,12H2;1H/t7-;/m0./s1. The molecule has 1 atom stereocenters. The van der Waals surface area contributed by atoms with Crippen LogP contribution in [-0.2, 0) is 0 Å².